The fourth-order valence-corrected chi connectivity index (χ4v) is 2.53. The van der Waals surface area contributed by atoms with Crippen molar-refractivity contribution >= 4 is 11.6 Å². The molecule has 110 valence electrons. The van der Waals surface area contributed by atoms with Crippen molar-refractivity contribution < 1.29 is 4.79 Å². The van der Waals surface area contributed by atoms with E-state index < -0.39 is 0 Å². The van der Waals surface area contributed by atoms with E-state index in [2.05, 4.69) is 11.4 Å². The molecule has 0 saturated heterocycles. The van der Waals surface area contributed by atoms with Crippen LogP contribution in [0, 0.1) is 27.7 Å². The highest BCUT2D eigenvalue weighted by molar-refractivity contribution is 5.90. The van der Waals surface area contributed by atoms with Crippen molar-refractivity contribution in [2.24, 2.45) is 0 Å². The summed E-state index contributed by atoms with van der Waals surface area (Å²) in [5, 5.41) is 2.90. The zero-order chi connectivity index (χ0) is 15.6. The van der Waals surface area contributed by atoms with Crippen LogP contribution in [-0.4, -0.2) is 10.5 Å². The molecular formula is C17H20N2O2. The summed E-state index contributed by atoms with van der Waals surface area (Å²) >= 11 is 0. The molecule has 0 aliphatic carbocycles. The standard InChI is InChI=1S/C17H20N2O2/c1-11-5-12(2)7-15(6-11)18-17(21)10-19-13(3)8-16(20)9-14(19)4/h5-9H,10H2,1-4H3,(H,18,21). The molecule has 2 aromatic rings. The highest BCUT2D eigenvalue weighted by atomic mass is 16.2. The van der Waals surface area contributed by atoms with Gasteiger partial charge in [0.15, 0.2) is 5.43 Å². The lowest BCUT2D eigenvalue weighted by molar-refractivity contribution is -0.116. The number of carbonyl (C=O) groups is 1. The van der Waals surface area contributed by atoms with Gasteiger partial charge in [0.1, 0.15) is 6.54 Å². The molecule has 4 heteroatoms. The molecule has 4 nitrogen and oxygen atoms in total. The minimum absolute atomic E-state index is 0.0315. The molecule has 0 radical (unpaired) electrons. The zero-order valence-electron chi connectivity index (χ0n) is 12.9. The van der Waals surface area contributed by atoms with Crippen molar-refractivity contribution in [3.63, 3.8) is 0 Å². The van der Waals surface area contributed by atoms with Crippen molar-refractivity contribution in [1.82, 2.24) is 4.57 Å². The van der Waals surface area contributed by atoms with Gasteiger partial charge in [-0.1, -0.05) is 6.07 Å². The van der Waals surface area contributed by atoms with Crippen molar-refractivity contribution in [2.45, 2.75) is 34.2 Å². The number of pyridine rings is 1. The van der Waals surface area contributed by atoms with Crippen LogP contribution in [0.5, 0.6) is 0 Å². The van der Waals surface area contributed by atoms with E-state index in [9.17, 15) is 9.59 Å². The predicted octanol–water partition coefficient (Wildman–Crippen LogP) is 2.72. The Bertz CT molecular complexity index is 698. The van der Waals surface area contributed by atoms with Gasteiger partial charge in [-0.15, -0.1) is 0 Å². The van der Waals surface area contributed by atoms with E-state index >= 15 is 0 Å². The van der Waals surface area contributed by atoms with Gasteiger partial charge in [-0.2, -0.15) is 0 Å². The van der Waals surface area contributed by atoms with Crippen LogP contribution in [0.2, 0.25) is 0 Å². The number of rotatable bonds is 3. The molecule has 1 N–H and O–H groups in total. The van der Waals surface area contributed by atoms with Crippen LogP contribution >= 0.6 is 0 Å². The Kier molecular flexibility index (Phi) is 4.26. The maximum atomic E-state index is 12.2. The average molecular weight is 284 g/mol. The minimum Gasteiger partial charge on any atom is -0.340 e. The smallest absolute Gasteiger partial charge is 0.244 e. The molecule has 0 atom stereocenters. The molecule has 0 bridgehead atoms. The van der Waals surface area contributed by atoms with Gasteiger partial charge >= 0.3 is 0 Å². The van der Waals surface area contributed by atoms with Gasteiger partial charge in [0.2, 0.25) is 5.91 Å². The molecule has 2 rings (SSSR count). The van der Waals surface area contributed by atoms with Crippen LogP contribution in [0.1, 0.15) is 22.5 Å². The molecule has 21 heavy (non-hydrogen) atoms. The summed E-state index contributed by atoms with van der Waals surface area (Å²) < 4.78 is 1.83. The number of amides is 1. The van der Waals surface area contributed by atoms with Gasteiger partial charge in [-0.3, -0.25) is 9.59 Å². The van der Waals surface area contributed by atoms with E-state index in [4.69, 9.17) is 0 Å². The van der Waals surface area contributed by atoms with Crippen LogP contribution in [0.25, 0.3) is 0 Å². The highest BCUT2D eigenvalue weighted by Crippen LogP contribution is 2.14. The molecule has 0 aliphatic heterocycles. The normalized spacial score (nSPS) is 10.5. The number of aryl methyl sites for hydroxylation is 4. The Labute approximate surface area is 124 Å². The highest BCUT2D eigenvalue weighted by Gasteiger charge is 2.08. The van der Waals surface area contributed by atoms with Gasteiger partial charge < -0.3 is 9.88 Å². The Morgan fingerprint density at radius 2 is 1.48 bits per heavy atom. The third-order valence-corrected chi connectivity index (χ3v) is 3.36. The van der Waals surface area contributed by atoms with Crippen molar-refractivity contribution in [2.75, 3.05) is 5.32 Å². The summed E-state index contributed by atoms with van der Waals surface area (Å²) in [6, 6.07) is 9.02. The van der Waals surface area contributed by atoms with Crippen molar-refractivity contribution in [3.8, 4) is 0 Å². The number of hydrogen-bond acceptors (Lipinski definition) is 2. The number of anilines is 1. The second-order valence-corrected chi connectivity index (χ2v) is 5.48. The summed E-state index contributed by atoms with van der Waals surface area (Å²) in [6.07, 6.45) is 0. The summed E-state index contributed by atoms with van der Waals surface area (Å²) in [6.45, 7) is 7.86. The maximum Gasteiger partial charge on any atom is 0.244 e. The molecule has 0 fully saturated rings. The van der Waals surface area contributed by atoms with Gasteiger partial charge in [0.25, 0.3) is 0 Å². The fourth-order valence-electron chi connectivity index (χ4n) is 2.53. The van der Waals surface area contributed by atoms with Crippen LogP contribution in [0.3, 0.4) is 0 Å². The third-order valence-electron chi connectivity index (χ3n) is 3.36. The topological polar surface area (TPSA) is 51.1 Å². The van der Waals surface area contributed by atoms with E-state index in [0.717, 1.165) is 28.2 Å². The van der Waals surface area contributed by atoms with Gasteiger partial charge in [-0.05, 0) is 51.0 Å². The van der Waals surface area contributed by atoms with E-state index in [1.54, 1.807) is 0 Å². The van der Waals surface area contributed by atoms with Crippen LogP contribution < -0.4 is 10.7 Å². The van der Waals surface area contributed by atoms with Crippen molar-refractivity contribution in [1.29, 1.82) is 0 Å². The number of nitrogens with one attached hydrogen (secondary N) is 1. The molecule has 1 aromatic heterocycles. The molecule has 1 heterocycles. The summed E-state index contributed by atoms with van der Waals surface area (Å²) in [4.78, 5) is 23.6. The Balaban J connectivity index is 2.17. The number of aromatic nitrogens is 1. The summed E-state index contributed by atoms with van der Waals surface area (Å²) in [5.41, 5.74) is 4.57. The fraction of sp³-hybridized carbons (Fsp3) is 0.294. The van der Waals surface area contributed by atoms with E-state index in [0.29, 0.717) is 0 Å². The molecular weight excluding hydrogens is 264 g/mol. The lowest BCUT2D eigenvalue weighted by atomic mass is 10.1. The first-order valence-electron chi connectivity index (χ1n) is 6.91. The summed E-state index contributed by atoms with van der Waals surface area (Å²) in [5.74, 6) is -0.102. The molecule has 1 aromatic carbocycles. The van der Waals surface area contributed by atoms with E-state index in [1.165, 1.54) is 12.1 Å². The van der Waals surface area contributed by atoms with Crippen LogP contribution in [0.15, 0.2) is 35.1 Å². The summed E-state index contributed by atoms with van der Waals surface area (Å²) in [7, 11) is 0. The predicted molar refractivity (Wildman–Crippen MR) is 84.7 cm³/mol. The maximum absolute atomic E-state index is 12.2. The monoisotopic (exact) mass is 284 g/mol. The SMILES string of the molecule is Cc1cc(C)cc(NC(=O)Cn2c(C)cc(=O)cc2C)c1. The minimum atomic E-state index is -0.102. The lowest BCUT2D eigenvalue weighted by Gasteiger charge is -2.14. The first-order chi connectivity index (χ1) is 9.85. The average Bonchev–Trinajstić information content (AvgIpc) is 2.32. The molecule has 0 aliphatic rings. The third kappa shape index (κ3) is 3.81. The second-order valence-electron chi connectivity index (χ2n) is 5.48. The number of benzene rings is 1. The number of hydrogen-bond donors (Lipinski definition) is 1. The van der Waals surface area contributed by atoms with E-state index in [-0.39, 0.29) is 17.9 Å². The zero-order valence-corrected chi connectivity index (χ0v) is 12.9. The quantitative estimate of drug-likeness (QED) is 0.942. The van der Waals surface area contributed by atoms with Gasteiger partial charge in [0, 0.05) is 29.2 Å². The number of nitrogens with zero attached hydrogens (tertiary/aromatic N) is 1. The van der Waals surface area contributed by atoms with Gasteiger partial charge in [-0.25, -0.2) is 0 Å². The molecule has 0 spiro atoms. The van der Waals surface area contributed by atoms with E-state index in [1.807, 2.05) is 44.4 Å². The Morgan fingerprint density at radius 1 is 0.952 bits per heavy atom. The Morgan fingerprint density at radius 3 is 2.00 bits per heavy atom. The largest absolute Gasteiger partial charge is 0.340 e. The Hall–Kier alpha value is -2.36. The number of carbonyl (C=O) groups excluding carboxylic acids is 1. The van der Waals surface area contributed by atoms with Crippen molar-refractivity contribution in [3.05, 3.63) is 63.1 Å². The second kappa shape index (κ2) is 5.95. The molecule has 0 unspecified atom stereocenters. The molecule has 0 saturated carbocycles. The first-order valence-corrected chi connectivity index (χ1v) is 6.91. The van der Waals surface area contributed by atoms with Gasteiger partial charge in [0.05, 0.1) is 0 Å². The molecule has 1 amide bonds. The van der Waals surface area contributed by atoms with Crippen LogP contribution in [-0.2, 0) is 11.3 Å². The lowest BCUT2D eigenvalue weighted by Crippen LogP contribution is -2.23. The first kappa shape index (κ1) is 15.0. The van der Waals surface area contributed by atoms with Crippen LogP contribution in [0.4, 0.5) is 5.69 Å².